The third kappa shape index (κ3) is 3.66. The van der Waals surface area contributed by atoms with Crippen LogP contribution in [0.15, 0.2) is 46.8 Å². The molecule has 2 aliphatic rings. The fourth-order valence-corrected chi connectivity index (χ4v) is 4.12. The van der Waals surface area contributed by atoms with Crippen molar-refractivity contribution in [1.82, 2.24) is 5.32 Å². The molecule has 25 heavy (non-hydrogen) atoms. The van der Waals surface area contributed by atoms with Crippen LogP contribution >= 0.6 is 22.6 Å². The topological polar surface area (TPSA) is 55.4 Å². The molecule has 1 aliphatic carbocycles. The van der Waals surface area contributed by atoms with Gasteiger partial charge in [0, 0.05) is 32.9 Å². The molecule has 0 bridgehead atoms. The zero-order valence-corrected chi connectivity index (χ0v) is 16.8. The van der Waals surface area contributed by atoms with E-state index in [2.05, 4.69) is 27.9 Å². The summed E-state index contributed by atoms with van der Waals surface area (Å²) in [4.78, 5) is 25.5. The van der Waals surface area contributed by atoms with Crippen molar-refractivity contribution < 1.29 is 14.3 Å². The normalized spacial score (nSPS) is 20.5. The minimum atomic E-state index is -0.356. The van der Waals surface area contributed by atoms with Gasteiger partial charge in [-0.15, -0.1) is 0 Å². The van der Waals surface area contributed by atoms with Crippen molar-refractivity contribution in [1.29, 1.82) is 0 Å². The van der Waals surface area contributed by atoms with Crippen LogP contribution in [0.4, 0.5) is 0 Å². The van der Waals surface area contributed by atoms with Crippen molar-refractivity contribution in [2.24, 2.45) is 0 Å². The van der Waals surface area contributed by atoms with Gasteiger partial charge in [0.05, 0.1) is 11.7 Å². The molecule has 1 heterocycles. The Kier molecular flexibility index (Phi) is 5.32. The van der Waals surface area contributed by atoms with Gasteiger partial charge in [-0.05, 0) is 73.9 Å². The Morgan fingerprint density at radius 3 is 2.76 bits per heavy atom. The van der Waals surface area contributed by atoms with Gasteiger partial charge < -0.3 is 10.1 Å². The molecule has 0 radical (unpaired) electrons. The number of nitrogens with one attached hydrogen (secondary N) is 1. The van der Waals surface area contributed by atoms with E-state index in [1.807, 2.05) is 45.0 Å². The number of benzene rings is 1. The van der Waals surface area contributed by atoms with Crippen LogP contribution in [0.3, 0.4) is 0 Å². The van der Waals surface area contributed by atoms with E-state index >= 15 is 0 Å². The highest BCUT2D eigenvalue weighted by atomic mass is 127. The molecule has 0 aromatic heterocycles. The average molecular weight is 451 g/mol. The van der Waals surface area contributed by atoms with Gasteiger partial charge in [0.25, 0.3) is 0 Å². The molecule has 1 N–H and O–H groups in total. The first-order valence-corrected chi connectivity index (χ1v) is 9.67. The maximum Gasteiger partial charge on any atom is 0.337 e. The van der Waals surface area contributed by atoms with E-state index in [1.54, 1.807) is 0 Å². The Labute approximate surface area is 161 Å². The first-order valence-electron chi connectivity index (χ1n) is 8.59. The quantitative estimate of drug-likeness (QED) is 0.553. The van der Waals surface area contributed by atoms with Gasteiger partial charge in [-0.25, -0.2) is 4.79 Å². The van der Waals surface area contributed by atoms with Gasteiger partial charge in [0.1, 0.15) is 0 Å². The van der Waals surface area contributed by atoms with Crippen LogP contribution in [-0.2, 0) is 14.3 Å². The van der Waals surface area contributed by atoms with Gasteiger partial charge in [0.2, 0.25) is 0 Å². The second-order valence-electron chi connectivity index (χ2n) is 6.77. The lowest BCUT2D eigenvalue weighted by atomic mass is 9.75. The summed E-state index contributed by atoms with van der Waals surface area (Å²) in [6, 6.07) is 8.00. The number of ketones is 1. The summed E-state index contributed by atoms with van der Waals surface area (Å²) >= 11 is 2.26. The molecule has 0 fully saturated rings. The van der Waals surface area contributed by atoms with Gasteiger partial charge in [-0.1, -0.05) is 12.1 Å². The highest BCUT2D eigenvalue weighted by Crippen LogP contribution is 2.42. The van der Waals surface area contributed by atoms with Crippen molar-refractivity contribution in [3.8, 4) is 0 Å². The fourth-order valence-electron chi connectivity index (χ4n) is 3.55. The highest BCUT2D eigenvalue weighted by Gasteiger charge is 2.39. The predicted octanol–water partition coefficient (Wildman–Crippen LogP) is 4.21. The van der Waals surface area contributed by atoms with Gasteiger partial charge >= 0.3 is 5.97 Å². The molecule has 1 aliphatic heterocycles. The molecule has 1 aromatic rings. The Bertz CT molecular complexity index is 792. The van der Waals surface area contributed by atoms with Crippen LogP contribution in [-0.4, -0.2) is 17.9 Å². The Morgan fingerprint density at radius 2 is 2.08 bits per heavy atom. The highest BCUT2D eigenvalue weighted by molar-refractivity contribution is 14.1. The second-order valence-corrected chi connectivity index (χ2v) is 8.02. The summed E-state index contributed by atoms with van der Waals surface area (Å²) in [5, 5.41) is 3.30. The van der Waals surface area contributed by atoms with Crippen LogP contribution in [0.5, 0.6) is 0 Å². The Balaban J connectivity index is 2.15. The lowest BCUT2D eigenvalue weighted by molar-refractivity contribution is -0.143. The number of esters is 1. The second kappa shape index (κ2) is 7.32. The maximum atomic E-state index is 12.8. The first kappa shape index (κ1) is 18.2. The number of carbonyl (C=O) groups is 2. The summed E-state index contributed by atoms with van der Waals surface area (Å²) in [7, 11) is 0. The predicted molar refractivity (Wildman–Crippen MR) is 105 cm³/mol. The number of Topliss-reactive ketones (excluding diaryl/α,β-unsaturated/α-hetero) is 1. The number of carbonyl (C=O) groups excluding carboxylic acids is 2. The monoisotopic (exact) mass is 451 g/mol. The molecule has 0 saturated carbocycles. The van der Waals surface area contributed by atoms with E-state index in [0.29, 0.717) is 12.0 Å². The van der Waals surface area contributed by atoms with Crippen LogP contribution < -0.4 is 5.32 Å². The average Bonchev–Trinajstić information content (AvgIpc) is 2.53. The molecular formula is C20H22INO3. The van der Waals surface area contributed by atoms with Crippen molar-refractivity contribution in [2.75, 3.05) is 0 Å². The molecule has 0 amide bonds. The number of dihydropyridines is 1. The molecule has 1 atom stereocenters. The van der Waals surface area contributed by atoms with Gasteiger partial charge in [0.15, 0.2) is 5.78 Å². The van der Waals surface area contributed by atoms with E-state index in [9.17, 15) is 9.59 Å². The lowest BCUT2D eigenvalue weighted by Crippen LogP contribution is -2.35. The van der Waals surface area contributed by atoms with Gasteiger partial charge in [-0.3, -0.25) is 4.79 Å². The third-order valence-electron chi connectivity index (χ3n) is 4.52. The Hall–Kier alpha value is -1.63. The van der Waals surface area contributed by atoms with E-state index in [1.165, 1.54) is 0 Å². The molecule has 132 valence electrons. The van der Waals surface area contributed by atoms with E-state index in [4.69, 9.17) is 4.74 Å². The maximum absolute atomic E-state index is 12.8. The Morgan fingerprint density at radius 1 is 1.32 bits per heavy atom. The lowest BCUT2D eigenvalue weighted by Gasteiger charge is -2.34. The van der Waals surface area contributed by atoms with Crippen molar-refractivity contribution in [3.05, 3.63) is 55.9 Å². The third-order valence-corrected chi connectivity index (χ3v) is 5.19. The zero-order valence-electron chi connectivity index (χ0n) is 14.7. The molecule has 1 aromatic carbocycles. The minimum absolute atomic E-state index is 0.125. The molecule has 4 nitrogen and oxygen atoms in total. The van der Waals surface area contributed by atoms with Crippen molar-refractivity contribution in [2.45, 2.75) is 52.1 Å². The molecule has 0 saturated heterocycles. The number of halogens is 1. The number of hydrogen-bond donors (Lipinski definition) is 1. The summed E-state index contributed by atoms with van der Waals surface area (Å²) in [5.41, 5.74) is 3.98. The van der Waals surface area contributed by atoms with Crippen LogP contribution in [0.25, 0.3) is 0 Å². The number of allylic oxidation sites excluding steroid dienone is 3. The standard InChI is InChI=1S/C20H22INO3/c1-11(2)25-20(24)17-12(3)22-15-8-5-9-16(23)19(15)18(17)13-6-4-7-14(21)10-13/h4,6-7,10-11,18,22H,5,8-9H2,1-3H3/t18-/m0/s1. The number of hydrogen-bond acceptors (Lipinski definition) is 4. The number of rotatable bonds is 3. The summed E-state index contributed by atoms with van der Waals surface area (Å²) in [6.07, 6.45) is 2.02. The zero-order chi connectivity index (χ0) is 18.1. The summed E-state index contributed by atoms with van der Waals surface area (Å²) < 4.78 is 6.56. The fraction of sp³-hybridized carbons (Fsp3) is 0.400. The van der Waals surface area contributed by atoms with E-state index < -0.39 is 0 Å². The van der Waals surface area contributed by atoms with E-state index in [-0.39, 0.29) is 23.8 Å². The smallest absolute Gasteiger partial charge is 0.337 e. The first-order chi connectivity index (χ1) is 11.9. The molecule has 0 unspecified atom stereocenters. The van der Waals surface area contributed by atoms with Crippen LogP contribution in [0.1, 0.15) is 51.5 Å². The van der Waals surface area contributed by atoms with E-state index in [0.717, 1.165) is 38.9 Å². The van der Waals surface area contributed by atoms with Crippen LogP contribution in [0, 0.1) is 3.57 Å². The van der Waals surface area contributed by atoms with Crippen molar-refractivity contribution >= 4 is 34.3 Å². The van der Waals surface area contributed by atoms with Crippen LogP contribution in [0.2, 0.25) is 0 Å². The molecule has 3 rings (SSSR count). The number of ether oxygens (including phenoxy) is 1. The summed E-state index contributed by atoms with van der Waals surface area (Å²) in [6.45, 7) is 5.56. The molecule has 0 spiro atoms. The minimum Gasteiger partial charge on any atom is -0.460 e. The summed E-state index contributed by atoms with van der Waals surface area (Å²) in [5.74, 6) is -0.584. The van der Waals surface area contributed by atoms with Gasteiger partial charge in [-0.2, -0.15) is 0 Å². The van der Waals surface area contributed by atoms with Crippen molar-refractivity contribution in [3.63, 3.8) is 0 Å². The molecule has 5 heteroatoms. The largest absolute Gasteiger partial charge is 0.460 e. The SMILES string of the molecule is CC1=C(C(=O)OC(C)C)[C@H](c2cccc(I)c2)C2=C(CCCC2=O)N1. The molecular weight excluding hydrogens is 429 g/mol.